The standard InChI is InChI=1S/C23H22Cl2N2O4S2/c1-12(2)27-22(29)19(33-23(27)32)9-14-7-16(25)21(18(8-14)30-4)31-11-20(28)26-17-10-15(24)6-5-13(17)3/h5-10,12H,11H2,1-4H3,(H,26,28)/b19-9-. The van der Waals surface area contributed by atoms with Crippen molar-refractivity contribution in [3.63, 3.8) is 0 Å². The summed E-state index contributed by atoms with van der Waals surface area (Å²) in [5.41, 5.74) is 2.12. The van der Waals surface area contributed by atoms with E-state index < -0.39 is 0 Å². The van der Waals surface area contributed by atoms with Crippen LogP contribution in [0, 0.1) is 6.92 Å². The van der Waals surface area contributed by atoms with Crippen molar-refractivity contribution < 1.29 is 19.1 Å². The summed E-state index contributed by atoms with van der Waals surface area (Å²) in [6, 6.07) is 8.52. The number of carbonyl (C=O) groups is 2. The molecule has 33 heavy (non-hydrogen) atoms. The molecule has 3 rings (SSSR count). The predicted molar refractivity (Wildman–Crippen MR) is 138 cm³/mol. The largest absolute Gasteiger partial charge is 0.493 e. The number of methoxy groups -OCH3 is 1. The molecule has 0 atom stereocenters. The van der Waals surface area contributed by atoms with Crippen molar-refractivity contribution in [3.8, 4) is 11.5 Å². The second kappa shape index (κ2) is 10.8. The molecule has 1 aliphatic rings. The van der Waals surface area contributed by atoms with Gasteiger partial charge in [0.1, 0.15) is 4.32 Å². The number of aryl methyl sites for hydroxylation is 1. The summed E-state index contributed by atoms with van der Waals surface area (Å²) in [5, 5.41) is 3.52. The summed E-state index contributed by atoms with van der Waals surface area (Å²) in [5.74, 6) is 0.0344. The van der Waals surface area contributed by atoms with Crippen LogP contribution in [0.2, 0.25) is 10.0 Å². The van der Waals surface area contributed by atoms with Gasteiger partial charge in [0.25, 0.3) is 11.8 Å². The SMILES string of the molecule is COc1cc(/C=C2\SC(=S)N(C(C)C)C2=O)cc(Cl)c1OCC(=O)Nc1cc(Cl)ccc1C. The highest BCUT2D eigenvalue weighted by Gasteiger charge is 2.33. The number of halogens is 2. The van der Waals surface area contributed by atoms with Crippen molar-refractivity contribution in [1.82, 2.24) is 4.90 Å². The molecule has 10 heteroatoms. The molecule has 2 aromatic carbocycles. The van der Waals surface area contributed by atoms with Crippen LogP contribution in [0.4, 0.5) is 5.69 Å². The summed E-state index contributed by atoms with van der Waals surface area (Å²) < 4.78 is 11.6. The van der Waals surface area contributed by atoms with Crippen LogP contribution in [0.25, 0.3) is 6.08 Å². The van der Waals surface area contributed by atoms with Gasteiger partial charge >= 0.3 is 0 Å². The molecule has 1 fully saturated rings. The Labute approximate surface area is 212 Å². The van der Waals surface area contributed by atoms with E-state index in [1.54, 1.807) is 35.2 Å². The molecule has 0 aliphatic carbocycles. The number of hydrogen-bond acceptors (Lipinski definition) is 6. The third kappa shape index (κ3) is 6.00. The molecule has 2 aromatic rings. The third-order valence-electron chi connectivity index (χ3n) is 4.71. The van der Waals surface area contributed by atoms with Gasteiger partial charge in [-0.1, -0.05) is 53.2 Å². The number of nitrogens with one attached hydrogen (secondary N) is 1. The van der Waals surface area contributed by atoms with E-state index in [1.165, 1.54) is 18.9 Å². The maximum Gasteiger partial charge on any atom is 0.266 e. The second-order valence-electron chi connectivity index (χ2n) is 7.48. The molecule has 1 N–H and O–H groups in total. The molecular formula is C23H22Cl2N2O4S2. The van der Waals surface area contributed by atoms with Crippen LogP contribution in [0.1, 0.15) is 25.0 Å². The molecule has 0 aromatic heterocycles. The number of amides is 2. The molecule has 1 aliphatic heterocycles. The minimum Gasteiger partial charge on any atom is -0.493 e. The molecule has 0 radical (unpaired) electrons. The Balaban J connectivity index is 1.76. The first-order chi connectivity index (χ1) is 15.6. The maximum absolute atomic E-state index is 12.6. The lowest BCUT2D eigenvalue weighted by molar-refractivity contribution is -0.123. The van der Waals surface area contributed by atoms with Gasteiger partial charge in [-0.05, 0) is 62.2 Å². The number of hydrogen-bond donors (Lipinski definition) is 1. The first-order valence-corrected chi connectivity index (χ1v) is 11.9. The third-order valence-corrected chi connectivity index (χ3v) is 6.56. The number of carbonyl (C=O) groups excluding carboxylic acids is 2. The lowest BCUT2D eigenvalue weighted by atomic mass is 10.1. The van der Waals surface area contributed by atoms with Gasteiger partial charge in [0.2, 0.25) is 0 Å². The minimum atomic E-state index is -0.375. The van der Waals surface area contributed by atoms with Gasteiger partial charge in [-0.25, -0.2) is 0 Å². The second-order valence-corrected chi connectivity index (χ2v) is 10.00. The van der Waals surface area contributed by atoms with Crippen molar-refractivity contribution >= 4 is 75.1 Å². The first-order valence-electron chi connectivity index (χ1n) is 9.94. The number of nitrogens with zero attached hydrogens (tertiary/aromatic N) is 1. The summed E-state index contributed by atoms with van der Waals surface area (Å²) in [6.07, 6.45) is 1.70. The molecule has 0 bridgehead atoms. The normalized spacial score (nSPS) is 14.9. The van der Waals surface area contributed by atoms with Crippen LogP contribution in [0.5, 0.6) is 11.5 Å². The maximum atomic E-state index is 12.6. The molecule has 174 valence electrons. The Kier molecular flexibility index (Phi) is 8.28. The van der Waals surface area contributed by atoms with E-state index in [0.29, 0.717) is 31.2 Å². The summed E-state index contributed by atoms with van der Waals surface area (Å²) in [6.45, 7) is 5.39. The van der Waals surface area contributed by atoms with Crippen LogP contribution in [-0.4, -0.2) is 40.8 Å². The van der Waals surface area contributed by atoms with E-state index in [-0.39, 0.29) is 35.2 Å². The van der Waals surface area contributed by atoms with Gasteiger partial charge in [0.15, 0.2) is 18.1 Å². The minimum absolute atomic E-state index is 0.0286. The van der Waals surface area contributed by atoms with E-state index in [2.05, 4.69) is 5.32 Å². The van der Waals surface area contributed by atoms with Crippen molar-refractivity contribution in [2.24, 2.45) is 0 Å². The molecule has 1 saturated heterocycles. The number of anilines is 1. The van der Waals surface area contributed by atoms with Crippen molar-refractivity contribution in [1.29, 1.82) is 0 Å². The highest BCUT2D eigenvalue weighted by atomic mass is 35.5. The Morgan fingerprint density at radius 2 is 2.00 bits per heavy atom. The summed E-state index contributed by atoms with van der Waals surface area (Å²) in [7, 11) is 1.47. The van der Waals surface area contributed by atoms with Crippen molar-refractivity contribution in [2.45, 2.75) is 26.8 Å². The zero-order chi connectivity index (χ0) is 24.3. The Bertz CT molecular complexity index is 1150. The number of benzene rings is 2. The van der Waals surface area contributed by atoms with E-state index in [9.17, 15) is 9.59 Å². The molecule has 2 amide bonds. The highest BCUT2D eigenvalue weighted by molar-refractivity contribution is 8.26. The van der Waals surface area contributed by atoms with Gasteiger partial charge in [0.05, 0.1) is 17.0 Å². The monoisotopic (exact) mass is 524 g/mol. The van der Waals surface area contributed by atoms with Crippen molar-refractivity contribution in [2.75, 3.05) is 19.0 Å². The Hall–Kier alpha value is -2.26. The molecule has 6 nitrogen and oxygen atoms in total. The zero-order valence-electron chi connectivity index (χ0n) is 18.4. The smallest absolute Gasteiger partial charge is 0.266 e. The molecule has 1 heterocycles. The van der Waals surface area contributed by atoms with Crippen LogP contribution in [0.15, 0.2) is 35.2 Å². The molecular weight excluding hydrogens is 503 g/mol. The van der Waals surface area contributed by atoms with Gasteiger partial charge < -0.3 is 14.8 Å². The zero-order valence-corrected chi connectivity index (χ0v) is 21.5. The number of thioether (sulfide) groups is 1. The lowest BCUT2D eigenvalue weighted by Crippen LogP contribution is -2.34. The molecule has 0 unspecified atom stereocenters. The fraction of sp³-hybridized carbons (Fsp3) is 0.261. The van der Waals surface area contributed by atoms with Crippen LogP contribution in [-0.2, 0) is 9.59 Å². The topological polar surface area (TPSA) is 67.9 Å². The van der Waals surface area contributed by atoms with E-state index in [0.717, 1.165) is 5.56 Å². The Morgan fingerprint density at radius 1 is 1.27 bits per heavy atom. The molecule has 0 spiro atoms. The van der Waals surface area contributed by atoms with Gasteiger partial charge in [-0.2, -0.15) is 0 Å². The van der Waals surface area contributed by atoms with Gasteiger partial charge in [-0.3, -0.25) is 14.5 Å². The quantitative estimate of drug-likeness (QED) is 0.357. The first kappa shape index (κ1) is 25.4. The van der Waals surface area contributed by atoms with Crippen LogP contribution >= 0.6 is 47.2 Å². The van der Waals surface area contributed by atoms with Gasteiger partial charge in [-0.15, -0.1) is 0 Å². The summed E-state index contributed by atoms with van der Waals surface area (Å²) in [4.78, 5) is 27.1. The number of thiocarbonyl (C=S) groups is 1. The van der Waals surface area contributed by atoms with Gasteiger partial charge in [0, 0.05) is 16.8 Å². The average molecular weight is 525 g/mol. The Morgan fingerprint density at radius 3 is 2.64 bits per heavy atom. The average Bonchev–Trinajstić information content (AvgIpc) is 3.02. The van der Waals surface area contributed by atoms with Crippen molar-refractivity contribution in [3.05, 3.63) is 56.4 Å². The number of rotatable bonds is 7. The fourth-order valence-electron chi connectivity index (χ4n) is 3.09. The molecule has 0 saturated carbocycles. The fourth-order valence-corrected chi connectivity index (χ4v) is 5.06. The number of ether oxygens (including phenoxy) is 2. The van der Waals surface area contributed by atoms with E-state index >= 15 is 0 Å². The lowest BCUT2D eigenvalue weighted by Gasteiger charge is -2.18. The highest BCUT2D eigenvalue weighted by Crippen LogP contribution is 2.39. The van der Waals surface area contributed by atoms with E-state index in [1.807, 2.05) is 26.8 Å². The predicted octanol–water partition coefficient (Wildman–Crippen LogP) is 5.94. The summed E-state index contributed by atoms with van der Waals surface area (Å²) >= 11 is 19.0. The van der Waals surface area contributed by atoms with Crippen LogP contribution in [0.3, 0.4) is 0 Å². The van der Waals surface area contributed by atoms with E-state index in [4.69, 9.17) is 44.9 Å². The van der Waals surface area contributed by atoms with Crippen LogP contribution < -0.4 is 14.8 Å².